The zero-order chi connectivity index (χ0) is 23.4. The molecule has 0 aliphatic heterocycles. The van der Waals surface area contributed by atoms with Crippen LogP contribution in [0.15, 0.2) is 18.3 Å². The zero-order valence-corrected chi connectivity index (χ0v) is 20.1. The summed E-state index contributed by atoms with van der Waals surface area (Å²) in [6.45, 7) is 5.77. The zero-order valence-electron chi connectivity index (χ0n) is 20.1. The van der Waals surface area contributed by atoms with Crippen molar-refractivity contribution in [3.63, 3.8) is 0 Å². The lowest BCUT2D eigenvalue weighted by atomic mass is 9.97. The summed E-state index contributed by atoms with van der Waals surface area (Å²) in [5.41, 5.74) is 3.47. The number of pyridine rings is 1. The number of fused-ring (bicyclic) bond motifs is 1. The van der Waals surface area contributed by atoms with Gasteiger partial charge in [-0.3, -0.25) is 4.68 Å². The SMILES string of the molecule is CCOCCn1nc(CC(O)C2CCCC2)c2nc(N(C)C)nc(Nc3cc(C)ccn3)c21. The number of aliphatic hydroxyl groups is 1. The van der Waals surface area contributed by atoms with E-state index in [1.54, 1.807) is 6.20 Å². The minimum atomic E-state index is -0.418. The number of anilines is 3. The Hall–Kier alpha value is -2.78. The number of hydrogen-bond acceptors (Lipinski definition) is 8. The van der Waals surface area contributed by atoms with Crippen LogP contribution < -0.4 is 10.2 Å². The molecule has 0 radical (unpaired) electrons. The summed E-state index contributed by atoms with van der Waals surface area (Å²) in [6.07, 6.45) is 6.37. The molecule has 1 aliphatic rings. The first-order valence-electron chi connectivity index (χ1n) is 11.9. The molecule has 0 aromatic carbocycles. The molecule has 1 aliphatic carbocycles. The topological polar surface area (TPSA) is 101 Å². The fraction of sp³-hybridized carbons (Fsp3) is 0.583. The van der Waals surface area contributed by atoms with Gasteiger partial charge in [0, 0.05) is 33.3 Å². The fourth-order valence-electron chi connectivity index (χ4n) is 4.45. The molecule has 1 saturated carbocycles. The van der Waals surface area contributed by atoms with E-state index < -0.39 is 6.10 Å². The molecular formula is C24H35N7O2. The van der Waals surface area contributed by atoms with Gasteiger partial charge in [0.05, 0.1) is 24.9 Å². The highest BCUT2D eigenvalue weighted by atomic mass is 16.5. The minimum absolute atomic E-state index is 0.331. The Morgan fingerprint density at radius 3 is 2.76 bits per heavy atom. The number of nitrogens with zero attached hydrogens (tertiary/aromatic N) is 6. The van der Waals surface area contributed by atoms with E-state index in [0.717, 1.165) is 35.1 Å². The molecular weight excluding hydrogens is 418 g/mol. The van der Waals surface area contributed by atoms with E-state index in [0.29, 0.717) is 49.7 Å². The maximum atomic E-state index is 10.9. The molecule has 0 bridgehead atoms. The van der Waals surface area contributed by atoms with Crippen LogP contribution in [0.4, 0.5) is 17.6 Å². The maximum absolute atomic E-state index is 10.9. The van der Waals surface area contributed by atoms with Gasteiger partial charge in [-0.1, -0.05) is 12.8 Å². The van der Waals surface area contributed by atoms with Crippen molar-refractivity contribution in [1.82, 2.24) is 24.7 Å². The average molecular weight is 454 g/mol. The van der Waals surface area contributed by atoms with Crippen LogP contribution in [0.1, 0.15) is 43.9 Å². The predicted molar refractivity (Wildman–Crippen MR) is 130 cm³/mol. The standard InChI is InChI=1S/C24H35N7O2/c1-5-33-13-12-31-22-21(18(29-31)15-19(32)17-8-6-7-9-17)27-24(30(3)4)28-23(22)26-20-14-16(2)10-11-25-20/h10-11,14,17,19,32H,5-9,12-13,15H2,1-4H3,(H,25,26,27,28). The average Bonchev–Trinajstić information content (AvgIpc) is 3.43. The number of ether oxygens (including phenoxy) is 1. The molecule has 0 spiro atoms. The van der Waals surface area contributed by atoms with E-state index in [1.807, 2.05) is 49.7 Å². The first kappa shape index (κ1) is 23.4. The van der Waals surface area contributed by atoms with E-state index in [9.17, 15) is 5.11 Å². The number of aryl methyl sites for hydroxylation is 1. The van der Waals surface area contributed by atoms with Crippen LogP contribution in [0.25, 0.3) is 11.0 Å². The van der Waals surface area contributed by atoms with E-state index in [-0.39, 0.29) is 0 Å². The van der Waals surface area contributed by atoms with Crippen molar-refractivity contribution < 1.29 is 9.84 Å². The molecule has 0 amide bonds. The summed E-state index contributed by atoms with van der Waals surface area (Å²) in [4.78, 5) is 16.0. The summed E-state index contributed by atoms with van der Waals surface area (Å²) < 4.78 is 7.50. The molecule has 3 aromatic rings. The Morgan fingerprint density at radius 2 is 2.06 bits per heavy atom. The molecule has 1 atom stereocenters. The van der Waals surface area contributed by atoms with Crippen molar-refractivity contribution in [2.75, 3.05) is 37.5 Å². The second-order valence-electron chi connectivity index (χ2n) is 8.99. The van der Waals surface area contributed by atoms with Crippen LogP contribution in [0.2, 0.25) is 0 Å². The van der Waals surface area contributed by atoms with E-state index in [4.69, 9.17) is 19.8 Å². The van der Waals surface area contributed by atoms with Gasteiger partial charge in [-0.15, -0.1) is 0 Å². The number of aliphatic hydroxyl groups excluding tert-OH is 1. The van der Waals surface area contributed by atoms with Crippen molar-refractivity contribution in [2.45, 2.75) is 58.6 Å². The Kier molecular flexibility index (Phi) is 7.39. The third-order valence-electron chi connectivity index (χ3n) is 6.21. The van der Waals surface area contributed by atoms with Crippen molar-refractivity contribution >= 4 is 28.6 Å². The van der Waals surface area contributed by atoms with Crippen LogP contribution in [0.3, 0.4) is 0 Å². The first-order chi connectivity index (χ1) is 16.0. The van der Waals surface area contributed by atoms with Gasteiger partial charge in [-0.2, -0.15) is 10.1 Å². The molecule has 2 N–H and O–H groups in total. The van der Waals surface area contributed by atoms with Crippen LogP contribution in [0, 0.1) is 12.8 Å². The third-order valence-corrected chi connectivity index (χ3v) is 6.21. The number of rotatable bonds is 10. The number of aromatic nitrogens is 5. The molecule has 4 rings (SSSR count). The van der Waals surface area contributed by atoms with Gasteiger partial charge < -0.3 is 20.1 Å². The maximum Gasteiger partial charge on any atom is 0.227 e. The molecule has 3 heterocycles. The lowest BCUT2D eigenvalue weighted by Crippen LogP contribution is -2.21. The van der Waals surface area contributed by atoms with Gasteiger partial charge in [-0.05, 0) is 50.3 Å². The van der Waals surface area contributed by atoms with E-state index in [2.05, 4.69) is 10.3 Å². The van der Waals surface area contributed by atoms with Gasteiger partial charge in [0.1, 0.15) is 16.9 Å². The van der Waals surface area contributed by atoms with Gasteiger partial charge in [-0.25, -0.2) is 9.97 Å². The third kappa shape index (κ3) is 5.42. The highest BCUT2D eigenvalue weighted by Gasteiger charge is 2.27. The molecule has 1 unspecified atom stereocenters. The normalized spacial score (nSPS) is 15.3. The molecule has 33 heavy (non-hydrogen) atoms. The van der Waals surface area contributed by atoms with Crippen LogP contribution >= 0.6 is 0 Å². The highest BCUT2D eigenvalue weighted by Crippen LogP contribution is 2.32. The van der Waals surface area contributed by atoms with Crippen LogP contribution in [-0.4, -0.2) is 63.3 Å². The monoisotopic (exact) mass is 453 g/mol. The van der Waals surface area contributed by atoms with Gasteiger partial charge in [0.15, 0.2) is 5.82 Å². The van der Waals surface area contributed by atoms with Crippen molar-refractivity contribution in [3.8, 4) is 0 Å². The number of nitrogens with one attached hydrogen (secondary N) is 1. The lowest BCUT2D eigenvalue weighted by molar-refractivity contribution is 0.110. The summed E-state index contributed by atoms with van der Waals surface area (Å²) in [5, 5.41) is 19.2. The fourth-order valence-corrected chi connectivity index (χ4v) is 4.45. The summed E-state index contributed by atoms with van der Waals surface area (Å²) in [6, 6.07) is 3.94. The van der Waals surface area contributed by atoms with Gasteiger partial charge >= 0.3 is 0 Å². The van der Waals surface area contributed by atoms with Crippen LogP contribution in [0.5, 0.6) is 0 Å². The number of hydrogen-bond donors (Lipinski definition) is 2. The Balaban J connectivity index is 1.79. The summed E-state index contributed by atoms with van der Waals surface area (Å²) in [5.74, 6) is 2.27. The molecule has 0 saturated heterocycles. The summed E-state index contributed by atoms with van der Waals surface area (Å²) >= 11 is 0. The molecule has 3 aromatic heterocycles. The largest absolute Gasteiger partial charge is 0.392 e. The molecule has 178 valence electrons. The van der Waals surface area contributed by atoms with Gasteiger partial charge in [0.25, 0.3) is 0 Å². The smallest absolute Gasteiger partial charge is 0.227 e. The van der Waals surface area contributed by atoms with Crippen molar-refractivity contribution in [2.24, 2.45) is 5.92 Å². The Labute approximate surface area is 195 Å². The van der Waals surface area contributed by atoms with Crippen molar-refractivity contribution in [1.29, 1.82) is 0 Å². The minimum Gasteiger partial charge on any atom is -0.392 e. The van der Waals surface area contributed by atoms with E-state index in [1.165, 1.54) is 12.8 Å². The first-order valence-corrected chi connectivity index (χ1v) is 11.9. The quantitative estimate of drug-likeness (QED) is 0.450. The lowest BCUT2D eigenvalue weighted by Gasteiger charge is -2.17. The van der Waals surface area contributed by atoms with Crippen molar-refractivity contribution in [3.05, 3.63) is 29.6 Å². The second kappa shape index (κ2) is 10.4. The predicted octanol–water partition coefficient (Wildman–Crippen LogP) is 3.47. The molecule has 9 nitrogen and oxygen atoms in total. The summed E-state index contributed by atoms with van der Waals surface area (Å²) in [7, 11) is 3.84. The van der Waals surface area contributed by atoms with E-state index >= 15 is 0 Å². The van der Waals surface area contributed by atoms with Gasteiger partial charge in [0.2, 0.25) is 5.95 Å². The molecule has 9 heteroatoms. The molecule has 1 fully saturated rings. The highest BCUT2D eigenvalue weighted by molar-refractivity contribution is 5.90. The second-order valence-corrected chi connectivity index (χ2v) is 8.99. The Morgan fingerprint density at radius 1 is 1.27 bits per heavy atom. The van der Waals surface area contributed by atoms with Crippen LogP contribution in [-0.2, 0) is 17.7 Å². The Bertz CT molecular complexity index is 1080.